The van der Waals surface area contributed by atoms with Gasteiger partial charge >= 0.3 is 0 Å². The van der Waals surface area contributed by atoms with Crippen molar-refractivity contribution >= 4 is 23.2 Å². The number of hydrogen-bond acceptors (Lipinski definition) is 4. The van der Waals surface area contributed by atoms with Crippen LogP contribution in [0.1, 0.15) is 21.9 Å². The molecule has 1 fully saturated rings. The SMILES string of the molecule is Cc1nc(C(=O)N2CCC2C(N)=O)c(-c2cc(F)cc(F)c2)s1. The lowest BCUT2D eigenvalue weighted by atomic mass is 10.0. The van der Waals surface area contributed by atoms with Crippen molar-refractivity contribution in [2.75, 3.05) is 6.54 Å². The lowest BCUT2D eigenvalue weighted by Crippen LogP contribution is -2.57. The van der Waals surface area contributed by atoms with E-state index in [2.05, 4.69) is 4.98 Å². The molecule has 5 nitrogen and oxygen atoms in total. The highest BCUT2D eigenvalue weighted by Gasteiger charge is 2.38. The fraction of sp³-hybridized carbons (Fsp3) is 0.267. The third kappa shape index (κ3) is 2.81. The van der Waals surface area contributed by atoms with Crippen LogP contribution < -0.4 is 5.73 Å². The summed E-state index contributed by atoms with van der Waals surface area (Å²) >= 11 is 1.17. The van der Waals surface area contributed by atoms with Gasteiger partial charge in [-0.2, -0.15) is 0 Å². The van der Waals surface area contributed by atoms with Crippen LogP contribution in [0.2, 0.25) is 0 Å². The van der Waals surface area contributed by atoms with Crippen molar-refractivity contribution in [3.05, 3.63) is 40.5 Å². The largest absolute Gasteiger partial charge is 0.368 e. The van der Waals surface area contributed by atoms with Crippen LogP contribution in [-0.4, -0.2) is 34.3 Å². The number of rotatable bonds is 3. The quantitative estimate of drug-likeness (QED) is 0.932. The molecule has 2 heterocycles. The number of likely N-dealkylation sites (tertiary alicyclic amines) is 1. The normalized spacial score (nSPS) is 17.0. The van der Waals surface area contributed by atoms with Gasteiger partial charge in [-0.3, -0.25) is 9.59 Å². The molecular formula is C15H13F2N3O2S. The first-order chi connectivity index (χ1) is 10.9. The fourth-order valence-electron chi connectivity index (χ4n) is 2.51. The highest BCUT2D eigenvalue weighted by atomic mass is 32.1. The van der Waals surface area contributed by atoms with E-state index >= 15 is 0 Å². The van der Waals surface area contributed by atoms with Gasteiger partial charge in [0.05, 0.1) is 9.88 Å². The van der Waals surface area contributed by atoms with Crippen LogP contribution in [0.4, 0.5) is 8.78 Å². The molecule has 1 unspecified atom stereocenters. The Morgan fingerprint density at radius 1 is 1.30 bits per heavy atom. The van der Waals surface area contributed by atoms with Crippen LogP contribution in [0.25, 0.3) is 10.4 Å². The molecule has 1 atom stereocenters. The van der Waals surface area contributed by atoms with Gasteiger partial charge in [-0.25, -0.2) is 13.8 Å². The smallest absolute Gasteiger partial charge is 0.274 e. The number of amides is 2. The van der Waals surface area contributed by atoms with E-state index in [0.717, 1.165) is 18.2 Å². The molecule has 0 saturated carbocycles. The first-order valence-corrected chi connectivity index (χ1v) is 7.72. The second-order valence-corrected chi connectivity index (χ2v) is 6.48. The van der Waals surface area contributed by atoms with Crippen molar-refractivity contribution in [2.45, 2.75) is 19.4 Å². The molecule has 1 aliphatic rings. The lowest BCUT2D eigenvalue weighted by Gasteiger charge is -2.38. The average Bonchev–Trinajstić information content (AvgIpc) is 2.77. The summed E-state index contributed by atoms with van der Waals surface area (Å²) in [6.45, 7) is 2.10. The van der Waals surface area contributed by atoms with Gasteiger partial charge in [0.2, 0.25) is 5.91 Å². The van der Waals surface area contributed by atoms with Gasteiger partial charge in [0.25, 0.3) is 5.91 Å². The van der Waals surface area contributed by atoms with Crippen LogP contribution in [0, 0.1) is 18.6 Å². The maximum absolute atomic E-state index is 13.4. The van der Waals surface area contributed by atoms with Crippen LogP contribution in [0.15, 0.2) is 18.2 Å². The number of carbonyl (C=O) groups excluding carboxylic acids is 2. The highest BCUT2D eigenvalue weighted by molar-refractivity contribution is 7.15. The number of nitrogens with two attached hydrogens (primary N) is 1. The maximum atomic E-state index is 13.4. The van der Waals surface area contributed by atoms with Crippen LogP contribution >= 0.6 is 11.3 Å². The summed E-state index contributed by atoms with van der Waals surface area (Å²) in [5.74, 6) is -2.49. The van der Waals surface area contributed by atoms with E-state index in [1.54, 1.807) is 6.92 Å². The zero-order valence-electron chi connectivity index (χ0n) is 12.2. The molecule has 1 saturated heterocycles. The Bertz CT molecular complexity index is 786. The van der Waals surface area contributed by atoms with Crippen molar-refractivity contribution in [1.29, 1.82) is 0 Å². The Balaban J connectivity index is 2.01. The van der Waals surface area contributed by atoms with Gasteiger partial charge in [-0.15, -0.1) is 11.3 Å². The number of hydrogen-bond donors (Lipinski definition) is 1. The average molecular weight is 337 g/mol. The molecule has 1 aromatic heterocycles. The van der Waals surface area contributed by atoms with Gasteiger partial charge in [-0.05, 0) is 31.0 Å². The Morgan fingerprint density at radius 3 is 2.48 bits per heavy atom. The fourth-order valence-corrected chi connectivity index (χ4v) is 3.41. The number of thiazole rings is 1. The number of primary amides is 1. The minimum absolute atomic E-state index is 0.0865. The second-order valence-electron chi connectivity index (χ2n) is 5.27. The van der Waals surface area contributed by atoms with E-state index in [9.17, 15) is 18.4 Å². The summed E-state index contributed by atoms with van der Waals surface area (Å²) in [6.07, 6.45) is 0.508. The van der Waals surface area contributed by atoms with Crippen molar-refractivity contribution in [2.24, 2.45) is 5.73 Å². The van der Waals surface area contributed by atoms with E-state index in [1.807, 2.05) is 0 Å². The van der Waals surface area contributed by atoms with Crippen LogP contribution in [0.3, 0.4) is 0 Å². The summed E-state index contributed by atoms with van der Waals surface area (Å²) in [7, 11) is 0. The van der Waals surface area contributed by atoms with Gasteiger partial charge in [-0.1, -0.05) is 0 Å². The van der Waals surface area contributed by atoms with Gasteiger partial charge in [0.15, 0.2) is 0 Å². The topological polar surface area (TPSA) is 76.3 Å². The van der Waals surface area contributed by atoms with E-state index in [1.165, 1.54) is 16.2 Å². The molecule has 1 aliphatic heterocycles. The van der Waals surface area contributed by atoms with E-state index in [0.29, 0.717) is 22.9 Å². The first kappa shape index (κ1) is 15.5. The number of carbonyl (C=O) groups is 2. The summed E-state index contributed by atoms with van der Waals surface area (Å²) in [5.41, 5.74) is 5.58. The lowest BCUT2D eigenvalue weighted by molar-refractivity contribution is -0.125. The molecule has 0 aliphatic carbocycles. The monoisotopic (exact) mass is 337 g/mol. The Morgan fingerprint density at radius 2 is 1.96 bits per heavy atom. The number of aryl methyl sites for hydroxylation is 1. The van der Waals surface area contributed by atoms with E-state index in [4.69, 9.17) is 5.73 Å². The number of benzene rings is 1. The van der Waals surface area contributed by atoms with Gasteiger partial charge < -0.3 is 10.6 Å². The molecule has 0 spiro atoms. The Labute approximate surface area is 134 Å². The van der Waals surface area contributed by atoms with E-state index < -0.39 is 29.5 Å². The minimum Gasteiger partial charge on any atom is -0.368 e. The van der Waals surface area contributed by atoms with Gasteiger partial charge in [0.1, 0.15) is 23.4 Å². The molecule has 2 amide bonds. The van der Waals surface area contributed by atoms with Crippen molar-refractivity contribution < 1.29 is 18.4 Å². The van der Waals surface area contributed by atoms with Crippen molar-refractivity contribution in [3.8, 4) is 10.4 Å². The molecule has 3 rings (SSSR count). The summed E-state index contributed by atoms with van der Waals surface area (Å²) in [6, 6.07) is 2.40. The van der Waals surface area contributed by atoms with Crippen molar-refractivity contribution in [3.63, 3.8) is 0 Å². The Hall–Kier alpha value is -2.35. The summed E-state index contributed by atoms with van der Waals surface area (Å²) < 4.78 is 26.9. The predicted octanol–water partition coefficient (Wildman–Crippen LogP) is 2.10. The number of nitrogens with zero attached hydrogens (tertiary/aromatic N) is 2. The molecule has 2 aromatic rings. The molecule has 23 heavy (non-hydrogen) atoms. The third-order valence-electron chi connectivity index (χ3n) is 3.67. The zero-order valence-corrected chi connectivity index (χ0v) is 13.0. The molecule has 1 aromatic carbocycles. The van der Waals surface area contributed by atoms with Crippen LogP contribution in [0.5, 0.6) is 0 Å². The molecular weight excluding hydrogens is 324 g/mol. The first-order valence-electron chi connectivity index (χ1n) is 6.91. The second kappa shape index (κ2) is 5.69. The predicted molar refractivity (Wildman–Crippen MR) is 80.8 cm³/mol. The number of halogens is 2. The van der Waals surface area contributed by atoms with Crippen LogP contribution in [-0.2, 0) is 4.79 Å². The van der Waals surface area contributed by atoms with Crippen molar-refractivity contribution in [1.82, 2.24) is 9.88 Å². The maximum Gasteiger partial charge on any atom is 0.274 e. The molecule has 2 N–H and O–H groups in total. The highest BCUT2D eigenvalue weighted by Crippen LogP contribution is 2.33. The summed E-state index contributed by atoms with van der Waals surface area (Å²) in [5, 5.41) is 0.587. The number of aromatic nitrogens is 1. The Kier molecular flexibility index (Phi) is 3.85. The van der Waals surface area contributed by atoms with Gasteiger partial charge in [0, 0.05) is 12.6 Å². The summed E-state index contributed by atoms with van der Waals surface area (Å²) in [4.78, 5) is 29.8. The zero-order chi connectivity index (χ0) is 16.7. The standard InChI is InChI=1S/C15H13F2N3O2S/c1-7-19-12(15(22)20-3-2-11(20)14(18)21)13(23-7)8-4-9(16)6-10(17)5-8/h4-6,11H,2-3H2,1H3,(H2,18,21). The molecule has 8 heteroatoms. The molecule has 0 radical (unpaired) electrons. The third-order valence-corrected chi connectivity index (χ3v) is 4.69. The van der Waals surface area contributed by atoms with E-state index in [-0.39, 0.29) is 11.3 Å². The molecule has 120 valence electrons. The minimum atomic E-state index is -0.733. The molecule has 0 bridgehead atoms.